The Balaban J connectivity index is 1.42. The van der Waals surface area contributed by atoms with Crippen LogP contribution in [0.5, 0.6) is 0 Å². The van der Waals surface area contributed by atoms with Crippen LogP contribution in [0.15, 0.2) is 12.2 Å². The van der Waals surface area contributed by atoms with Gasteiger partial charge in [-0.1, -0.05) is 147 Å². The molecule has 3 aliphatic rings. The van der Waals surface area contributed by atoms with Gasteiger partial charge in [0.15, 0.2) is 6.29 Å². The monoisotopic (exact) mass is 794 g/mol. The molecule has 1 heterocycles. The van der Waals surface area contributed by atoms with Gasteiger partial charge in [-0.15, -0.1) is 0 Å². The fourth-order valence-electron chi connectivity index (χ4n) is 8.92. The van der Waals surface area contributed by atoms with E-state index in [1.807, 2.05) is 0 Å². The number of halogens is 3. The lowest BCUT2D eigenvalue weighted by Gasteiger charge is -2.40. The molecule has 2 fully saturated rings. The standard InChI is InChI=1S/C43H78F3NO8/c1-2-3-4-5-6-7-8-9-10-14-17-20-23-35(49)38(50)34(30-54-42-41(53)40(52)39(51)36(29-48)55-42)47-37(43(44,45)46)24-21-18-15-12-11-13-16-19-22-32-27-31-25-26-33(32)28-31/h25-26,31-42,47-53H,2-24,27-30H2,1H3/t31-,32+,33-,34+,35-,36?,37+,38+,39?,40?,41?,42?/m1/s1. The van der Waals surface area contributed by atoms with Crippen LogP contribution in [0.3, 0.4) is 0 Å². The van der Waals surface area contributed by atoms with Crippen molar-refractivity contribution in [2.45, 2.75) is 229 Å². The highest BCUT2D eigenvalue weighted by Gasteiger charge is 2.46. The smallest absolute Gasteiger partial charge is 0.394 e. The number of aliphatic hydroxyl groups excluding tert-OH is 6. The topological polar surface area (TPSA) is 152 Å². The Kier molecular flexibility index (Phi) is 23.9. The van der Waals surface area contributed by atoms with Crippen molar-refractivity contribution in [1.82, 2.24) is 5.32 Å². The molecule has 2 aliphatic carbocycles. The van der Waals surface area contributed by atoms with Crippen LogP contribution in [-0.4, -0.2) is 105 Å². The molecule has 9 nitrogen and oxygen atoms in total. The van der Waals surface area contributed by atoms with Crippen LogP contribution in [-0.2, 0) is 9.47 Å². The zero-order valence-corrected chi connectivity index (χ0v) is 33.8. The van der Waals surface area contributed by atoms with Gasteiger partial charge >= 0.3 is 6.18 Å². The molecule has 1 saturated heterocycles. The molecule has 1 aliphatic heterocycles. The Morgan fingerprint density at radius 1 is 0.709 bits per heavy atom. The maximum Gasteiger partial charge on any atom is 0.403 e. The molecule has 0 spiro atoms. The van der Waals surface area contributed by atoms with Crippen LogP contribution in [0.4, 0.5) is 13.2 Å². The lowest BCUT2D eigenvalue weighted by molar-refractivity contribution is -0.303. The summed E-state index contributed by atoms with van der Waals surface area (Å²) >= 11 is 0. The first-order valence-corrected chi connectivity index (χ1v) is 22.3. The first-order chi connectivity index (χ1) is 26.5. The van der Waals surface area contributed by atoms with Crippen molar-refractivity contribution in [3.63, 3.8) is 0 Å². The summed E-state index contributed by atoms with van der Waals surface area (Å²) in [5, 5.41) is 64.9. The third-order valence-corrected chi connectivity index (χ3v) is 12.5. The molecule has 0 aromatic heterocycles. The zero-order valence-electron chi connectivity index (χ0n) is 33.8. The second kappa shape index (κ2) is 27.0. The van der Waals surface area contributed by atoms with E-state index in [1.165, 1.54) is 77.0 Å². The second-order valence-corrected chi connectivity index (χ2v) is 17.1. The minimum absolute atomic E-state index is 0.201. The molecule has 0 amide bonds. The Labute approximate surface area is 329 Å². The highest BCUT2D eigenvalue weighted by molar-refractivity contribution is 5.09. The molecule has 7 N–H and O–H groups in total. The van der Waals surface area contributed by atoms with Gasteiger partial charge in [-0.25, -0.2) is 0 Å². The third kappa shape index (κ3) is 17.9. The van der Waals surface area contributed by atoms with Gasteiger partial charge in [-0.2, -0.15) is 13.2 Å². The second-order valence-electron chi connectivity index (χ2n) is 17.1. The van der Waals surface area contributed by atoms with Crippen molar-refractivity contribution in [3.8, 4) is 0 Å². The average molecular weight is 794 g/mol. The van der Waals surface area contributed by atoms with E-state index in [0.29, 0.717) is 19.3 Å². The first kappa shape index (κ1) is 48.5. The van der Waals surface area contributed by atoms with Gasteiger partial charge < -0.3 is 40.1 Å². The van der Waals surface area contributed by atoms with Gasteiger partial charge in [-0.3, -0.25) is 5.32 Å². The minimum atomic E-state index is -4.63. The number of aliphatic hydroxyl groups is 6. The van der Waals surface area contributed by atoms with Crippen molar-refractivity contribution in [2.24, 2.45) is 17.8 Å². The molecule has 324 valence electrons. The van der Waals surface area contributed by atoms with Crippen LogP contribution in [0.1, 0.15) is 167 Å². The van der Waals surface area contributed by atoms with E-state index in [1.54, 1.807) is 0 Å². The van der Waals surface area contributed by atoms with Gasteiger partial charge in [0.25, 0.3) is 0 Å². The van der Waals surface area contributed by atoms with E-state index in [9.17, 15) is 43.8 Å². The lowest BCUT2D eigenvalue weighted by Crippen LogP contribution is -2.61. The van der Waals surface area contributed by atoms with Crippen LogP contribution in [0.25, 0.3) is 0 Å². The normalized spacial score (nSPS) is 28.8. The average Bonchev–Trinajstić information content (AvgIpc) is 3.79. The maximum absolute atomic E-state index is 14.4. The van der Waals surface area contributed by atoms with Gasteiger partial charge in [0.1, 0.15) is 30.5 Å². The van der Waals surface area contributed by atoms with Crippen LogP contribution < -0.4 is 5.32 Å². The van der Waals surface area contributed by atoms with Crippen LogP contribution in [0.2, 0.25) is 0 Å². The number of fused-ring (bicyclic) bond motifs is 2. The van der Waals surface area contributed by atoms with Crippen molar-refractivity contribution in [2.75, 3.05) is 13.2 Å². The minimum Gasteiger partial charge on any atom is -0.394 e. The number of unbranched alkanes of at least 4 members (excludes halogenated alkanes) is 18. The predicted octanol–water partition coefficient (Wildman–Crippen LogP) is 7.62. The SMILES string of the molecule is CCCCCCCCCCCCCC[C@@H](O)[C@@H](O)[C@H](COC1OC(CO)C(O)C(O)C1O)N[C@@H](CCCCCCCCCC[C@H]1C[C@H]2C=C[C@@H]1C2)C(F)(F)F. The molecule has 12 atom stereocenters. The summed E-state index contributed by atoms with van der Waals surface area (Å²) in [6, 6.07) is -3.35. The van der Waals surface area contributed by atoms with E-state index >= 15 is 0 Å². The zero-order chi connectivity index (χ0) is 40.1. The number of hydrogen-bond donors (Lipinski definition) is 7. The summed E-state index contributed by atoms with van der Waals surface area (Å²) < 4.78 is 54.1. The summed E-state index contributed by atoms with van der Waals surface area (Å²) in [7, 11) is 0. The van der Waals surface area contributed by atoms with Gasteiger partial charge in [-0.05, 0) is 49.9 Å². The number of nitrogens with one attached hydrogen (secondary N) is 1. The summed E-state index contributed by atoms with van der Waals surface area (Å²) in [6.07, 6.45) is 14.3. The Morgan fingerprint density at radius 3 is 1.76 bits per heavy atom. The van der Waals surface area contributed by atoms with Crippen LogP contribution in [0, 0.1) is 17.8 Å². The van der Waals surface area contributed by atoms with Gasteiger partial charge in [0.2, 0.25) is 0 Å². The summed E-state index contributed by atoms with van der Waals surface area (Å²) in [4.78, 5) is 0. The quantitative estimate of drug-likeness (QED) is 0.0270. The molecule has 3 rings (SSSR count). The number of alkyl halides is 3. The van der Waals surface area contributed by atoms with Gasteiger partial charge in [0.05, 0.1) is 31.5 Å². The largest absolute Gasteiger partial charge is 0.403 e. The predicted molar refractivity (Wildman–Crippen MR) is 209 cm³/mol. The summed E-state index contributed by atoms with van der Waals surface area (Å²) in [5.74, 6) is 2.46. The van der Waals surface area contributed by atoms with Gasteiger partial charge in [0, 0.05) is 0 Å². The van der Waals surface area contributed by atoms with E-state index in [0.717, 1.165) is 69.1 Å². The molecule has 55 heavy (non-hydrogen) atoms. The molecular formula is C43H78F3NO8. The molecule has 0 radical (unpaired) electrons. The third-order valence-electron chi connectivity index (χ3n) is 12.5. The lowest BCUT2D eigenvalue weighted by atomic mass is 9.88. The molecule has 2 bridgehead atoms. The number of allylic oxidation sites excluding steroid dienone is 2. The first-order valence-electron chi connectivity index (χ1n) is 22.3. The maximum atomic E-state index is 14.4. The van der Waals surface area contributed by atoms with E-state index < -0.39 is 74.4 Å². The Hall–Kier alpha value is -0.830. The summed E-state index contributed by atoms with van der Waals surface area (Å²) in [6.45, 7) is 0.927. The van der Waals surface area contributed by atoms with Crippen molar-refractivity contribution in [1.29, 1.82) is 0 Å². The molecule has 0 aromatic carbocycles. The molecule has 12 heteroatoms. The van der Waals surface area contributed by atoms with E-state index in [-0.39, 0.29) is 12.8 Å². The van der Waals surface area contributed by atoms with Crippen molar-refractivity contribution in [3.05, 3.63) is 12.2 Å². The molecule has 1 saturated carbocycles. The summed E-state index contributed by atoms with van der Waals surface area (Å²) in [5.41, 5.74) is 0. The van der Waals surface area contributed by atoms with Crippen molar-refractivity contribution >= 4 is 0 Å². The Morgan fingerprint density at radius 2 is 1.25 bits per heavy atom. The molecule has 0 aromatic rings. The highest BCUT2D eigenvalue weighted by Crippen LogP contribution is 2.45. The number of ether oxygens (including phenoxy) is 2. The number of hydrogen-bond acceptors (Lipinski definition) is 9. The van der Waals surface area contributed by atoms with Crippen molar-refractivity contribution < 1.29 is 53.3 Å². The fourth-order valence-corrected chi connectivity index (χ4v) is 8.92. The highest BCUT2D eigenvalue weighted by atomic mass is 19.4. The molecule has 5 unspecified atom stereocenters. The van der Waals surface area contributed by atoms with Crippen LogP contribution >= 0.6 is 0 Å². The van der Waals surface area contributed by atoms with E-state index in [2.05, 4.69) is 24.4 Å². The number of rotatable bonds is 32. The van der Waals surface area contributed by atoms with E-state index in [4.69, 9.17) is 9.47 Å². The fraction of sp³-hybridized carbons (Fsp3) is 0.953. The Bertz CT molecular complexity index is 1010. The molecular weight excluding hydrogens is 715 g/mol.